The van der Waals surface area contributed by atoms with Crippen LogP contribution in [-0.4, -0.2) is 30.3 Å². The molecule has 1 nitrogen and oxygen atoms in total. The van der Waals surface area contributed by atoms with E-state index in [0.717, 1.165) is 18.2 Å². The van der Waals surface area contributed by atoms with Gasteiger partial charge in [-0.25, -0.2) is 0 Å². The van der Waals surface area contributed by atoms with Gasteiger partial charge in [-0.15, -0.1) is 0 Å². The third-order valence-electron chi connectivity index (χ3n) is 1.95. The van der Waals surface area contributed by atoms with Gasteiger partial charge in [0.05, 0.1) is 0 Å². The zero-order chi connectivity index (χ0) is 9.56. The molecule has 0 saturated carbocycles. The predicted octanol–water partition coefficient (Wildman–Crippen LogP) is 2.53. The first-order valence-corrected chi connectivity index (χ1v) is 5.56. The van der Waals surface area contributed by atoms with Crippen LogP contribution >= 0.6 is 12.6 Å². The molecule has 1 atom stereocenters. The number of nitrogens with zero attached hydrogens (tertiary/aromatic N) is 1. The molecule has 0 rings (SSSR count). The van der Waals surface area contributed by atoms with E-state index in [9.17, 15) is 0 Å². The molecule has 0 radical (unpaired) electrons. The molecule has 0 aromatic carbocycles. The summed E-state index contributed by atoms with van der Waals surface area (Å²) in [6, 6.07) is 0. The van der Waals surface area contributed by atoms with E-state index in [4.69, 9.17) is 0 Å². The second kappa shape index (κ2) is 6.79. The Bertz CT molecular complexity index is 104. The number of hydrogen-bond acceptors (Lipinski definition) is 2. The van der Waals surface area contributed by atoms with Crippen molar-refractivity contribution >= 4 is 12.6 Å². The van der Waals surface area contributed by atoms with Gasteiger partial charge in [0, 0.05) is 13.1 Å². The monoisotopic (exact) mass is 189 g/mol. The van der Waals surface area contributed by atoms with Gasteiger partial charge in [-0.2, -0.15) is 12.6 Å². The molecule has 0 aliphatic rings. The number of rotatable bonds is 6. The topological polar surface area (TPSA) is 3.24 Å². The Hall–Kier alpha value is 0.310. The van der Waals surface area contributed by atoms with E-state index in [2.05, 4.69) is 45.2 Å². The van der Waals surface area contributed by atoms with Crippen LogP contribution in [0.5, 0.6) is 0 Å². The molecule has 2 heteroatoms. The third kappa shape index (κ3) is 5.90. The van der Waals surface area contributed by atoms with Crippen molar-refractivity contribution in [2.45, 2.75) is 27.7 Å². The molecule has 0 heterocycles. The van der Waals surface area contributed by atoms with Crippen LogP contribution < -0.4 is 0 Å². The van der Waals surface area contributed by atoms with Crippen molar-refractivity contribution in [3.8, 4) is 0 Å². The highest BCUT2D eigenvalue weighted by molar-refractivity contribution is 7.80. The lowest BCUT2D eigenvalue weighted by Gasteiger charge is -2.25. The van der Waals surface area contributed by atoms with Crippen LogP contribution in [0.1, 0.15) is 27.7 Å². The predicted molar refractivity (Wildman–Crippen MR) is 60.0 cm³/mol. The molecule has 0 N–H and O–H groups in total. The van der Waals surface area contributed by atoms with Crippen LogP contribution in [-0.2, 0) is 0 Å². The summed E-state index contributed by atoms with van der Waals surface area (Å²) in [4.78, 5) is 2.51. The molecule has 0 spiro atoms. The van der Waals surface area contributed by atoms with Gasteiger partial charge in [0.1, 0.15) is 0 Å². The van der Waals surface area contributed by atoms with Gasteiger partial charge in [-0.1, -0.05) is 27.7 Å². The van der Waals surface area contributed by atoms with Crippen molar-refractivity contribution in [2.24, 2.45) is 11.8 Å². The standard InChI is InChI=1S/C10H23NS/c1-5-11(6-9(2)3)7-10(4)8-12/h9-10,12H,5-8H2,1-4H3. The molecular weight excluding hydrogens is 166 g/mol. The van der Waals surface area contributed by atoms with Crippen molar-refractivity contribution < 1.29 is 0 Å². The maximum absolute atomic E-state index is 4.29. The van der Waals surface area contributed by atoms with E-state index < -0.39 is 0 Å². The lowest BCUT2D eigenvalue weighted by molar-refractivity contribution is 0.232. The van der Waals surface area contributed by atoms with E-state index in [1.54, 1.807) is 0 Å². The molecule has 74 valence electrons. The van der Waals surface area contributed by atoms with Crippen LogP contribution in [0.3, 0.4) is 0 Å². The van der Waals surface area contributed by atoms with Gasteiger partial charge >= 0.3 is 0 Å². The summed E-state index contributed by atoms with van der Waals surface area (Å²) in [6.45, 7) is 12.6. The Morgan fingerprint density at radius 1 is 1.17 bits per heavy atom. The Kier molecular flexibility index (Phi) is 6.96. The molecule has 0 amide bonds. The summed E-state index contributed by atoms with van der Waals surface area (Å²) in [5, 5.41) is 0. The van der Waals surface area contributed by atoms with Gasteiger partial charge in [0.25, 0.3) is 0 Å². The first-order valence-electron chi connectivity index (χ1n) is 4.93. The zero-order valence-corrected chi connectivity index (χ0v) is 9.77. The fourth-order valence-corrected chi connectivity index (χ4v) is 1.46. The highest BCUT2D eigenvalue weighted by atomic mass is 32.1. The van der Waals surface area contributed by atoms with Crippen molar-refractivity contribution in [1.29, 1.82) is 0 Å². The van der Waals surface area contributed by atoms with E-state index in [-0.39, 0.29) is 0 Å². The molecule has 0 aliphatic heterocycles. The second-order valence-corrected chi connectivity index (χ2v) is 4.40. The molecule has 0 saturated heterocycles. The fraction of sp³-hybridized carbons (Fsp3) is 1.00. The van der Waals surface area contributed by atoms with Crippen molar-refractivity contribution in [1.82, 2.24) is 4.90 Å². The van der Waals surface area contributed by atoms with Gasteiger partial charge in [-0.3, -0.25) is 0 Å². The summed E-state index contributed by atoms with van der Waals surface area (Å²) in [5.74, 6) is 2.48. The van der Waals surface area contributed by atoms with E-state index >= 15 is 0 Å². The summed E-state index contributed by atoms with van der Waals surface area (Å²) in [5.41, 5.74) is 0. The summed E-state index contributed by atoms with van der Waals surface area (Å²) < 4.78 is 0. The fourth-order valence-electron chi connectivity index (χ4n) is 1.35. The molecule has 0 aromatic rings. The van der Waals surface area contributed by atoms with Gasteiger partial charge in [0.2, 0.25) is 0 Å². The van der Waals surface area contributed by atoms with Gasteiger partial charge < -0.3 is 4.90 Å². The Morgan fingerprint density at radius 3 is 2.08 bits per heavy atom. The molecule has 0 fully saturated rings. The van der Waals surface area contributed by atoms with Crippen LogP contribution in [0.4, 0.5) is 0 Å². The van der Waals surface area contributed by atoms with Crippen molar-refractivity contribution in [3.05, 3.63) is 0 Å². The maximum atomic E-state index is 4.29. The highest BCUT2D eigenvalue weighted by Crippen LogP contribution is 2.04. The number of thiol groups is 1. The van der Waals surface area contributed by atoms with Crippen LogP contribution in [0.15, 0.2) is 0 Å². The quantitative estimate of drug-likeness (QED) is 0.628. The maximum Gasteiger partial charge on any atom is 0.00148 e. The number of hydrogen-bond donors (Lipinski definition) is 1. The van der Waals surface area contributed by atoms with Crippen LogP contribution in [0, 0.1) is 11.8 Å². The van der Waals surface area contributed by atoms with E-state index in [1.165, 1.54) is 13.1 Å². The third-order valence-corrected chi connectivity index (χ3v) is 2.58. The average molecular weight is 189 g/mol. The Morgan fingerprint density at radius 2 is 1.75 bits per heavy atom. The van der Waals surface area contributed by atoms with Crippen molar-refractivity contribution in [3.63, 3.8) is 0 Å². The minimum atomic E-state index is 0.715. The van der Waals surface area contributed by atoms with E-state index in [0.29, 0.717) is 5.92 Å². The second-order valence-electron chi connectivity index (χ2n) is 4.03. The average Bonchev–Trinajstić information content (AvgIpc) is 2.02. The SMILES string of the molecule is CCN(CC(C)C)CC(C)CS. The summed E-state index contributed by atoms with van der Waals surface area (Å²) in [6.07, 6.45) is 0. The van der Waals surface area contributed by atoms with Crippen LogP contribution in [0.2, 0.25) is 0 Å². The molecule has 0 aliphatic carbocycles. The zero-order valence-electron chi connectivity index (χ0n) is 8.88. The normalized spacial score (nSPS) is 14.2. The Balaban J connectivity index is 3.66. The highest BCUT2D eigenvalue weighted by Gasteiger charge is 2.08. The first kappa shape index (κ1) is 12.3. The van der Waals surface area contributed by atoms with Crippen molar-refractivity contribution in [2.75, 3.05) is 25.4 Å². The Labute approximate surface area is 82.9 Å². The van der Waals surface area contributed by atoms with E-state index in [1.807, 2.05) is 0 Å². The van der Waals surface area contributed by atoms with Gasteiger partial charge in [0.15, 0.2) is 0 Å². The largest absolute Gasteiger partial charge is 0.303 e. The summed E-state index contributed by atoms with van der Waals surface area (Å²) >= 11 is 4.29. The minimum absolute atomic E-state index is 0.715. The first-order chi connectivity index (χ1) is 5.60. The smallest absolute Gasteiger partial charge is 0.00148 e. The van der Waals surface area contributed by atoms with Crippen LogP contribution in [0.25, 0.3) is 0 Å². The lowest BCUT2D eigenvalue weighted by atomic mass is 10.1. The molecule has 0 aromatic heterocycles. The molecule has 1 unspecified atom stereocenters. The molecule has 0 bridgehead atoms. The molecular formula is C10H23NS. The minimum Gasteiger partial charge on any atom is -0.303 e. The summed E-state index contributed by atoms with van der Waals surface area (Å²) in [7, 11) is 0. The molecule has 12 heavy (non-hydrogen) atoms. The van der Waals surface area contributed by atoms with Gasteiger partial charge in [-0.05, 0) is 24.1 Å². The lowest BCUT2D eigenvalue weighted by Crippen LogP contribution is -2.32.